The summed E-state index contributed by atoms with van der Waals surface area (Å²) >= 11 is 0. The first kappa shape index (κ1) is 10.9. The molecule has 1 rings (SSSR count). The molecule has 15 heavy (non-hydrogen) atoms. The number of ketones is 1. The lowest BCUT2D eigenvalue weighted by Crippen LogP contribution is -2.17. The first-order chi connectivity index (χ1) is 7.04. The van der Waals surface area contributed by atoms with Crippen LogP contribution in [0.4, 0.5) is 5.82 Å². The van der Waals surface area contributed by atoms with Gasteiger partial charge in [-0.25, -0.2) is 0 Å². The van der Waals surface area contributed by atoms with Crippen molar-refractivity contribution in [3.63, 3.8) is 0 Å². The zero-order valence-corrected chi connectivity index (χ0v) is 8.44. The second-order valence-corrected chi connectivity index (χ2v) is 3.07. The Morgan fingerprint density at radius 3 is 2.87 bits per heavy atom. The van der Waals surface area contributed by atoms with Crippen molar-refractivity contribution in [2.75, 3.05) is 5.32 Å². The molecule has 0 aliphatic heterocycles. The maximum Gasteiger partial charge on any atom is 0.232 e. The van der Waals surface area contributed by atoms with Gasteiger partial charge in [-0.1, -0.05) is 0 Å². The third-order valence-electron chi connectivity index (χ3n) is 1.73. The van der Waals surface area contributed by atoms with Gasteiger partial charge in [-0.15, -0.1) is 0 Å². The molecular formula is C9H10N4O2. The molecule has 6 nitrogen and oxygen atoms in total. The lowest BCUT2D eigenvalue weighted by Gasteiger charge is -2.03. The fraction of sp³-hybridized carbons (Fsp3) is 0.333. The molecule has 1 aromatic heterocycles. The minimum Gasteiger partial charge on any atom is -0.309 e. The smallest absolute Gasteiger partial charge is 0.232 e. The highest BCUT2D eigenvalue weighted by Gasteiger charge is 2.12. The number of nitrogens with zero attached hydrogens (tertiary/aromatic N) is 3. The summed E-state index contributed by atoms with van der Waals surface area (Å²) in [6, 6.07) is 1.89. The van der Waals surface area contributed by atoms with Crippen molar-refractivity contribution < 1.29 is 9.59 Å². The van der Waals surface area contributed by atoms with Crippen LogP contribution in [0.3, 0.4) is 0 Å². The van der Waals surface area contributed by atoms with Crippen LogP contribution in [0, 0.1) is 11.3 Å². The van der Waals surface area contributed by atoms with Gasteiger partial charge < -0.3 is 5.32 Å². The Labute approximate surface area is 86.5 Å². The topological polar surface area (TPSA) is 87.8 Å². The number of anilines is 1. The van der Waals surface area contributed by atoms with Crippen molar-refractivity contribution in [2.45, 2.75) is 13.3 Å². The van der Waals surface area contributed by atoms with E-state index >= 15 is 0 Å². The molecule has 1 N–H and O–H groups in total. The second kappa shape index (κ2) is 4.37. The van der Waals surface area contributed by atoms with E-state index in [0.29, 0.717) is 5.82 Å². The molecule has 1 aromatic rings. The molecule has 1 amide bonds. The van der Waals surface area contributed by atoms with Gasteiger partial charge in [0, 0.05) is 7.05 Å². The van der Waals surface area contributed by atoms with Crippen LogP contribution in [0.2, 0.25) is 0 Å². The van der Waals surface area contributed by atoms with Crippen molar-refractivity contribution in [1.82, 2.24) is 9.78 Å². The zero-order valence-electron chi connectivity index (χ0n) is 8.44. The molecule has 0 fully saturated rings. The van der Waals surface area contributed by atoms with Crippen LogP contribution in [0.15, 0.2) is 6.20 Å². The van der Waals surface area contributed by atoms with E-state index in [1.807, 2.05) is 6.07 Å². The number of carbonyl (C=O) groups excluding carboxylic acids is 2. The number of aromatic nitrogens is 2. The van der Waals surface area contributed by atoms with E-state index in [4.69, 9.17) is 5.26 Å². The monoisotopic (exact) mass is 206 g/mol. The average molecular weight is 206 g/mol. The Kier molecular flexibility index (Phi) is 3.18. The number of nitriles is 1. The van der Waals surface area contributed by atoms with Gasteiger partial charge in [0.1, 0.15) is 23.2 Å². The number of hydrogen-bond donors (Lipinski definition) is 1. The maximum atomic E-state index is 11.3. The number of hydrogen-bond acceptors (Lipinski definition) is 4. The molecular weight excluding hydrogens is 196 g/mol. The van der Waals surface area contributed by atoms with E-state index < -0.39 is 5.91 Å². The van der Waals surface area contributed by atoms with Crippen LogP contribution in [-0.2, 0) is 16.6 Å². The van der Waals surface area contributed by atoms with E-state index in [-0.39, 0.29) is 17.8 Å². The molecule has 6 heteroatoms. The van der Waals surface area contributed by atoms with E-state index in [0.717, 1.165) is 0 Å². The molecule has 0 spiro atoms. The van der Waals surface area contributed by atoms with Crippen molar-refractivity contribution in [3.05, 3.63) is 11.8 Å². The Morgan fingerprint density at radius 1 is 1.67 bits per heavy atom. The Balaban J connectivity index is 2.81. The first-order valence-corrected chi connectivity index (χ1v) is 4.26. The Bertz CT molecular complexity index is 441. The van der Waals surface area contributed by atoms with E-state index in [1.165, 1.54) is 17.8 Å². The summed E-state index contributed by atoms with van der Waals surface area (Å²) in [5.74, 6) is -0.362. The molecule has 0 saturated heterocycles. The second-order valence-electron chi connectivity index (χ2n) is 3.07. The molecule has 0 saturated carbocycles. The summed E-state index contributed by atoms with van der Waals surface area (Å²) in [6.07, 6.45) is 1.15. The third-order valence-corrected chi connectivity index (χ3v) is 1.73. The fourth-order valence-corrected chi connectivity index (χ4v) is 1.07. The summed E-state index contributed by atoms with van der Waals surface area (Å²) in [7, 11) is 1.60. The minimum atomic E-state index is -0.442. The Hall–Kier alpha value is -2.16. The zero-order chi connectivity index (χ0) is 11.4. The van der Waals surface area contributed by atoms with Gasteiger partial charge in [0.25, 0.3) is 0 Å². The predicted molar refractivity (Wildman–Crippen MR) is 51.9 cm³/mol. The van der Waals surface area contributed by atoms with Gasteiger partial charge in [0.2, 0.25) is 5.91 Å². The fourth-order valence-electron chi connectivity index (χ4n) is 1.07. The lowest BCUT2D eigenvalue weighted by molar-refractivity contribution is -0.124. The quantitative estimate of drug-likeness (QED) is 0.716. The average Bonchev–Trinajstić information content (AvgIpc) is 2.46. The SMILES string of the molecule is CC(=O)CC(=O)Nc1c(C#N)cnn1C. The highest BCUT2D eigenvalue weighted by molar-refractivity contribution is 6.03. The van der Waals surface area contributed by atoms with Crippen LogP contribution < -0.4 is 5.32 Å². The normalized spacial score (nSPS) is 9.40. The van der Waals surface area contributed by atoms with E-state index in [1.54, 1.807) is 7.05 Å². The summed E-state index contributed by atoms with van der Waals surface area (Å²) < 4.78 is 1.37. The number of nitrogens with one attached hydrogen (secondary N) is 1. The van der Waals surface area contributed by atoms with Crippen molar-refractivity contribution >= 4 is 17.5 Å². The van der Waals surface area contributed by atoms with Gasteiger partial charge >= 0.3 is 0 Å². The van der Waals surface area contributed by atoms with E-state index in [9.17, 15) is 9.59 Å². The summed E-state index contributed by atoms with van der Waals surface area (Å²) in [5.41, 5.74) is 0.273. The number of Topliss-reactive ketones (excluding diaryl/α,β-unsaturated/α-hetero) is 1. The molecule has 0 unspecified atom stereocenters. The van der Waals surface area contributed by atoms with Gasteiger partial charge in [-0.3, -0.25) is 14.3 Å². The predicted octanol–water partition coefficient (Wildman–Crippen LogP) is 0.209. The molecule has 0 aliphatic carbocycles. The van der Waals surface area contributed by atoms with Crippen LogP contribution in [-0.4, -0.2) is 21.5 Å². The van der Waals surface area contributed by atoms with Gasteiger partial charge in [-0.05, 0) is 6.92 Å². The van der Waals surface area contributed by atoms with Gasteiger partial charge in [0.15, 0.2) is 0 Å². The van der Waals surface area contributed by atoms with Crippen molar-refractivity contribution in [2.24, 2.45) is 7.05 Å². The highest BCUT2D eigenvalue weighted by Crippen LogP contribution is 2.12. The van der Waals surface area contributed by atoms with Crippen molar-refractivity contribution in [1.29, 1.82) is 5.26 Å². The van der Waals surface area contributed by atoms with Crippen LogP contribution in [0.1, 0.15) is 18.9 Å². The molecule has 0 aromatic carbocycles. The molecule has 78 valence electrons. The first-order valence-electron chi connectivity index (χ1n) is 4.26. The third kappa shape index (κ3) is 2.64. The number of amides is 1. The minimum absolute atomic E-state index is 0.198. The van der Waals surface area contributed by atoms with Gasteiger partial charge in [-0.2, -0.15) is 10.4 Å². The van der Waals surface area contributed by atoms with Crippen LogP contribution in [0.5, 0.6) is 0 Å². The molecule has 0 atom stereocenters. The maximum absolute atomic E-state index is 11.3. The van der Waals surface area contributed by atoms with Crippen LogP contribution >= 0.6 is 0 Å². The summed E-state index contributed by atoms with van der Waals surface area (Å²) in [5, 5.41) is 15.0. The Morgan fingerprint density at radius 2 is 2.33 bits per heavy atom. The molecule has 0 aliphatic rings. The standard InChI is InChI=1S/C9H10N4O2/c1-6(14)3-8(15)12-9-7(4-10)5-11-13(9)2/h5H,3H2,1-2H3,(H,12,15). The van der Waals surface area contributed by atoms with E-state index in [2.05, 4.69) is 10.4 Å². The number of carbonyl (C=O) groups is 2. The molecule has 0 radical (unpaired) electrons. The van der Waals surface area contributed by atoms with Crippen LogP contribution in [0.25, 0.3) is 0 Å². The number of aryl methyl sites for hydroxylation is 1. The van der Waals surface area contributed by atoms with Crippen molar-refractivity contribution in [3.8, 4) is 6.07 Å². The van der Waals surface area contributed by atoms with Gasteiger partial charge in [0.05, 0.1) is 12.6 Å². The number of rotatable bonds is 3. The molecule has 1 heterocycles. The largest absolute Gasteiger partial charge is 0.309 e. The lowest BCUT2D eigenvalue weighted by atomic mass is 10.3. The molecule has 0 bridgehead atoms. The summed E-state index contributed by atoms with van der Waals surface area (Å²) in [6.45, 7) is 1.33. The highest BCUT2D eigenvalue weighted by atomic mass is 16.2. The summed E-state index contributed by atoms with van der Waals surface area (Å²) in [4.78, 5) is 21.9.